The summed E-state index contributed by atoms with van der Waals surface area (Å²) in [5, 5.41) is 3.35. The molecule has 0 radical (unpaired) electrons. The van der Waals surface area contributed by atoms with Gasteiger partial charge in [0.05, 0.1) is 16.8 Å². The third kappa shape index (κ3) is 4.95. The number of aryl methyl sites for hydroxylation is 1. The molecule has 26 heavy (non-hydrogen) atoms. The van der Waals surface area contributed by atoms with Gasteiger partial charge in [-0.3, -0.25) is 10.1 Å². The fourth-order valence-corrected chi connectivity index (χ4v) is 3.30. The van der Waals surface area contributed by atoms with Crippen molar-refractivity contribution in [3.8, 4) is 11.5 Å². The van der Waals surface area contributed by atoms with Gasteiger partial charge in [0, 0.05) is 0 Å². The summed E-state index contributed by atoms with van der Waals surface area (Å²) in [6, 6.07) is 13.4. The molecule has 0 aliphatic rings. The quantitative estimate of drug-likeness (QED) is 0.579. The molecule has 0 bridgehead atoms. The average molecular weight is 370 g/mol. The minimum Gasteiger partial charge on any atom is -0.494 e. The molecule has 0 unspecified atom stereocenters. The van der Waals surface area contributed by atoms with E-state index in [1.165, 1.54) is 11.3 Å². The fraction of sp³-hybridized carbons (Fsp3) is 0.300. The second kappa shape index (κ2) is 8.67. The van der Waals surface area contributed by atoms with Crippen molar-refractivity contribution in [3.05, 3.63) is 48.0 Å². The first-order chi connectivity index (χ1) is 12.6. The molecular weight excluding hydrogens is 348 g/mol. The van der Waals surface area contributed by atoms with Crippen LogP contribution in [0.25, 0.3) is 10.2 Å². The standard InChI is InChI=1S/C20H22N2O3S/c1-3-4-10-24-16-8-9-17-18(12-16)26-20(21-17)22-19(23)13-25-15-7-5-6-14(2)11-15/h5-9,11-12H,3-4,10,13H2,1-2H3,(H,21,22,23). The number of carbonyl (C=O) groups is 1. The van der Waals surface area contributed by atoms with Crippen molar-refractivity contribution in [1.82, 2.24) is 4.98 Å². The van der Waals surface area contributed by atoms with Gasteiger partial charge in [-0.15, -0.1) is 0 Å². The number of amides is 1. The van der Waals surface area contributed by atoms with Crippen molar-refractivity contribution in [2.24, 2.45) is 0 Å². The molecule has 0 fully saturated rings. The zero-order chi connectivity index (χ0) is 18.4. The maximum atomic E-state index is 12.1. The van der Waals surface area contributed by atoms with E-state index in [9.17, 15) is 4.79 Å². The topological polar surface area (TPSA) is 60.5 Å². The predicted molar refractivity (Wildman–Crippen MR) is 105 cm³/mol. The Bertz CT molecular complexity index is 892. The molecule has 1 aromatic heterocycles. The lowest BCUT2D eigenvalue weighted by Crippen LogP contribution is -2.20. The Morgan fingerprint density at radius 3 is 2.81 bits per heavy atom. The number of aromatic nitrogens is 1. The molecule has 6 heteroatoms. The summed E-state index contributed by atoms with van der Waals surface area (Å²) in [6.45, 7) is 4.77. The van der Waals surface area contributed by atoms with Crippen LogP contribution in [0.4, 0.5) is 5.13 Å². The second-order valence-electron chi connectivity index (χ2n) is 6.00. The molecule has 0 atom stereocenters. The summed E-state index contributed by atoms with van der Waals surface area (Å²) < 4.78 is 12.2. The summed E-state index contributed by atoms with van der Waals surface area (Å²) >= 11 is 1.42. The highest BCUT2D eigenvalue weighted by molar-refractivity contribution is 7.22. The lowest BCUT2D eigenvalue weighted by molar-refractivity contribution is -0.118. The number of hydrogen-bond donors (Lipinski definition) is 1. The maximum absolute atomic E-state index is 12.1. The van der Waals surface area contributed by atoms with E-state index < -0.39 is 0 Å². The van der Waals surface area contributed by atoms with E-state index in [-0.39, 0.29) is 12.5 Å². The van der Waals surface area contributed by atoms with Crippen molar-refractivity contribution in [1.29, 1.82) is 0 Å². The van der Waals surface area contributed by atoms with Crippen LogP contribution in [0.15, 0.2) is 42.5 Å². The highest BCUT2D eigenvalue weighted by atomic mass is 32.1. The maximum Gasteiger partial charge on any atom is 0.264 e. The van der Waals surface area contributed by atoms with Gasteiger partial charge < -0.3 is 9.47 Å². The number of nitrogens with zero attached hydrogens (tertiary/aromatic N) is 1. The first-order valence-corrected chi connectivity index (χ1v) is 9.48. The Hall–Kier alpha value is -2.60. The van der Waals surface area contributed by atoms with E-state index in [2.05, 4.69) is 17.2 Å². The number of unbranched alkanes of at least 4 members (excludes halogenated alkanes) is 1. The summed E-state index contributed by atoms with van der Waals surface area (Å²) in [7, 11) is 0. The molecule has 3 aromatic rings. The molecular formula is C20H22N2O3S. The number of anilines is 1. The van der Waals surface area contributed by atoms with E-state index in [1.807, 2.05) is 49.4 Å². The Morgan fingerprint density at radius 2 is 2.00 bits per heavy atom. The fourth-order valence-electron chi connectivity index (χ4n) is 2.39. The van der Waals surface area contributed by atoms with Crippen molar-refractivity contribution < 1.29 is 14.3 Å². The number of fused-ring (bicyclic) bond motifs is 1. The summed E-state index contributed by atoms with van der Waals surface area (Å²) in [4.78, 5) is 16.5. The van der Waals surface area contributed by atoms with Crippen LogP contribution in [0.2, 0.25) is 0 Å². The van der Waals surface area contributed by atoms with Crippen molar-refractivity contribution >= 4 is 32.6 Å². The number of benzene rings is 2. The van der Waals surface area contributed by atoms with Crippen LogP contribution in [0.5, 0.6) is 11.5 Å². The second-order valence-corrected chi connectivity index (χ2v) is 7.03. The molecule has 0 spiro atoms. The van der Waals surface area contributed by atoms with Crippen LogP contribution < -0.4 is 14.8 Å². The van der Waals surface area contributed by atoms with Gasteiger partial charge >= 0.3 is 0 Å². The van der Waals surface area contributed by atoms with Gasteiger partial charge in [-0.2, -0.15) is 0 Å². The van der Waals surface area contributed by atoms with Gasteiger partial charge in [-0.1, -0.05) is 36.8 Å². The Balaban J connectivity index is 1.58. The highest BCUT2D eigenvalue weighted by Gasteiger charge is 2.09. The molecule has 3 rings (SSSR count). The minimum absolute atomic E-state index is 0.0508. The zero-order valence-electron chi connectivity index (χ0n) is 15.0. The largest absolute Gasteiger partial charge is 0.494 e. The van der Waals surface area contributed by atoms with Crippen LogP contribution in [0.3, 0.4) is 0 Å². The Morgan fingerprint density at radius 1 is 1.15 bits per heavy atom. The van der Waals surface area contributed by atoms with Crippen LogP contribution >= 0.6 is 11.3 Å². The molecule has 1 N–H and O–H groups in total. The van der Waals surface area contributed by atoms with E-state index in [0.29, 0.717) is 17.5 Å². The molecule has 0 saturated carbocycles. The van der Waals surface area contributed by atoms with Crippen LogP contribution in [0, 0.1) is 6.92 Å². The summed E-state index contributed by atoms with van der Waals surface area (Å²) in [6.07, 6.45) is 2.13. The van der Waals surface area contributed by atoms with Crippen molar-refractivity contribution in [3.63, 3.8) is 0 Å². The SMILES string of the molecule is CCCCOc1ccc2nc(NC(=O)COc3cccc(C)c3)sc2c1. The Labute approximate surface area is 157 Å². The lowest BCUT2D eigenvalue weighted by Gasteiger charge is -2.06. The molecule has 136 valence electrons. The smallest absolute Gasteiger partial charge is 0.264 e. The molecule has 2 aromatic carbocycles. The van der Waals surface area contributed by atoms with Crippen LogP contribution in [0.1, 0.15) is 25.3 Å². The van der Waals surface area contributed by atoms with Gasteiger partial charge in [0.2, 0.25) is 0 Å². The molecule has 1 amide bonds. The number of carbonyl (C=O) groups excluding carboxylic acids is 1. The number of nitrogens with one attached hydrogen (secondary N) is 1. The number of hydrogen-bond acceptors (Lipinski definition) is 5. The third-order valence-corrected chi connectivity index (χ3v) is 4.67. The third-order valence-electron chi connectivity index (χ3n) is 3.73. The van der Waals surface area contributed by atoms with Crippen LogP contribution in [-0.4, -0.2) is 24.1 Å². The predicted octanol–water partition coefficient (Wildman–Crippen LogP) is 4.80. The number of ether oxygens (including phenoxy) is 2. The highest BCUT2D eigenvalue weighted by Crippen LogP contribution is 2.29. The molecule has 5 nitrogen and oxygen atoms in total. The van der Waals surface area contributed by atoms with E-state index in [4.69, 9.17) is 9.47 Å². The minimum atomic E-state index is -0.231. The summed E-state index contributed by atoms with van der Waals surface area (Å²) in [5.74, 6) is 1.28. The number of thiazole rings is 1. The van der Waals surface area contributed by atoms with Gasteiger partial charge in [-0.25, -0.2) is 4.98 Å². The van der Waals surface area contributed by atoms with Gasteiger partial charge in [0.25, 0.3) is 5.91 Å². The molecule has 0 saturated heterocycles. The van der Waals surface area contributed by atoms with E-state index >= 15 is 0 Å². The normalized spacial score (nSPS) is 10.7. The van der Waals surface area contributed by atoms with Crippen LogP contribution in [-0.2, 0) is 4.79 Å². The van der Waals surface area contributed by atoms with Gasteiger partial charge in [0.1, 0.15) is 11.5 Å². The molecule has 1 heterocycles. The molecule has 0 aliphatic carbocycles. The Kier molecular flexibility index (Phi) is 6.07. The first kappa shape index (κ1) is 18.2. The van der Waals surface area contributed by atoms with Crippen molar-refractivity contribution in [2.75, 3.05) is 18.5 Å². The first-order valence-electron chi connectivity index (χ1n) is 8.67. The van der Waals surface area contributed by atoms with Gasteiger partial charge in [0.15, 0.2) is 11.7 Å². The van der Waals surface area contributed by atoms with E-state index in [1.54, 1.807) is 0 Å². The van der Waals surface area contributed by atoms with E-state index in [0.717, 1.165) is 34.4 Å². The number of rotatable bonds is 8. The molecule has 0 aliphatic heterocycles. The average Bonchev–Trinajstić information content (AvgIpc) is 3.02. The monoisotopic (exact) mass is 370 g/mol. The zero-order valence-corrected chi connectivity index (χ0v) is 15.8. The van der Waals surface area contributed by atoms with Gasteiger partial charge in [-0.05, 0) is 49.2 Å². The van der Waals surface area contributed by atoms with Crippen molar-refractivity contribution in [2.45, 2.75) is 26.7 Å². The summed E-state index contributed by atoms with van der Waals surface area (Å²) in [5.41, 5.74) is 1.93. The lowest BCUT2D eigenvalue weighted by atomic mass is 10.2.